The van der Waals surface area contributed by atoms with Crippen LogP contribution in [0.25, 0.3) is 11.1 Å². The third-order valence-corrected chi connectivity index (χ3v) is 7.71. The van der Waals surface area contributed by atoms with Gasteiger partial charge in [-0.15, -0.1) is 0 Å². The van der Waals surface area contributed by atoms with Crippen LogP contribution in [-0.4, -0.2) is 23.1 Å². The lowest BCUT2D eigenvalue weighted by Crippen LogP contribution is -2.25. The summed E-state index contributed by atoms with van der Waals surface area (Å²) in [6.07, 6.45) is 1.18. The first kappa shape index (κ1) is 22.2. The van der Waals surface area contributed by atoms with Crippen molar-refractivity contribution >= 4 is 19.9 Å². The van der Waals surface area contributed by atoms with E-state index in [0.29, 0.717) is 4.90 Å². The second kappa shape index (κ2) is 8.34. The summed E-state index contributed by atoms with van der Waals surface area (Å²) in [6.45, 7) is 5.71. The van der Waals surface area contributed by atoms with Crippen LogP contribution in [-0.2, 0) is 26.4 Å². The fourth-order valence-electron chi connectivity index (χ4n) is 3.56. The van der Waals surface area contributed by atoms with Gasteiger partial charge in [0.2, 0.25) is 10.0 Å². The average Bonchev–Trinajstić information content (AvgIpc) is 2.65. The van der Waals surface area contributed by atoms with E-state index >= 15 is 0 Å². The highest BCUT2D eigenvalue weighted by molar-refractivity contribution is 7.90. The van der Waals surface area contributed by atoms with Gasteiger partial charge in [0.15, 0.2) is 9.84 Å². The van der Waals surface area contributed by atoms with Crippen molar-refractivity contribution in [2.75, 3.05) is 6.26 Å². The molecule has 0 atom stereocenters. The molecule has 0 unspecified atom stereocenters. The minimum absolute atomic E-state index is 0.165. The molecule has 0 amide bonds. The Balaban J connectivity index is 1.79. The molecule has 0 saturated heterocycles. The van der Waals surface area contributed by atoms with Crippen molar-refractivity contribution < 1.29 is 16.8 Å². The van der Waals surface area contributed by atoms with Crippen LogP contribution in [0.4, 0.5) is 0 Å². The van der Waals surface area contributed by atoms with Crippen LogP contribution < -0.4 is 4.72 Å². The van der Waals surface area contributed by atoms with Gasteiger partial charge >= 0.3 is 0 Å². The Morgan fingerprint density at radius 2 is 1.37 bits per heavy atom. The molecule has 0 spiro atoms. The first-order valence-electron chi connectivity index (χ1n) is 9.44. The summed E-state index contributed by atoms with van der Waals surface area (Å²) in [6, 6.07) is 17.9. The van der Waals surface area contributed by atoms with Crippen LogP contribution in [0.2, 0.25) is 0 Å². The van der Waals surface area contributed by atoms with E-state index in [9.17, 15) is 16.8 Å². The number of hydrogen-bond donors (Lipinski definition) is 1. The maximum absolute atomic E-state index is 12.8. The van der Waals surface area contributed by atoms with Gasteiger partial charge in [-0.2, -0.15) is 0 Å². The quantitative estimate of drug-likeness (QED) is 0.620. The first-order valence-corrected chi connectivity index (χ1v) is 12.8. The van der Waals surface area contributed by atoms with Crippen LogP contribution in [0.5, 0.6) is 0 Å². The van der Waals surface area contributed by atoms with Crippen LogP contribution in [0.1, 0.15) is 22.3 Å². The number of nitrogens with one attached hydrogen (secondary N) is 1. The molecule has 7 heteroatoms. The topological polar surface area (TPSA) is 80.3 Å². The van der Waals surface area contributed by atoms with E-state index in [1.807, 2.05) is 49.4 Å². The van der Waals surface area contributed by atoms with Crippen molar-refractivity contribution in [3.8, 4) is 11.1 Å². The summed E-state index contributed by atoms with van der Waals surface area (Å²) in [5.74, 6) is 0. The summed E-state index contributed by atoms with van der Waals surface area (Å²) in [4.78, 5) is 0.586. The summed E-state index contributed by atoms with van der Waals surface area (Å²) >= 11 is 0. The number of aryl methyl sites for hydroxylation is 3. The van der Waals surface area contributed by atoms with Crippen molar-refractivity contribution in [2.24, 2.45) is 0 Å². The minimum atomic E-state index is -3.64. The lowest BCUT2D eigenvalue weighted by Gasteiger charge is -2.13. The molecule has 0 aliphatic carbocycles. The Labute approximate surface area is 178 Å². The molecule has 0 radical (unpaired) electrons. The van der Waals surface area contributed by atoms with Gasteiger partial charge < -0.3 is 0 Å². The maximum atomic E-state index is 12.8. The molecule has 30 heavy (non-hydrogen) atoms. The predicted octanol–water partition coefficient (Wildman–Crippen LogP) is 4.16. The third-order valence-electron chi connectivity index (χ3n) is 4.89. The van der Waals surface area contributed by atoms with Gasteiger partial charge in [0, 0.05) is 12.8 Å². The van der Waals surface area contributed by atoms with Gasteiger partial charge in [-0.3, -0.25) is 0 Å². The summed E-state index contributed by atoms with van der Waals surface area (Å²) in [7, 11) is -6.92. The first-order chi connectivity index (χ1) is 14.0. The zero-order valence-corrected chi connectivity index (χ0v) is 19.1. The largest absolute Gasteiger partial charge is 0.241 e. The normalized spacial score (nSPS) is 12.1. The number of benzene rings is 3. The Hall–Kier alpha value is -2.48. The second-order valence-corrected chi connectivity index (χ2v) is 11.3. The number of hydrogen-bond acceptors (Lipinski definition) is 4. The lowest BCUT2D eigenvalue weighted by atomic mass is 10.0. The smallest absolute Gasteiger partial charge is 0.224 e. The van der Waals surface area contributed by atoms with E-state index in [1.54, 1.807) is 32.0 Å². The Bertz CT molecular complexity index is 1270. The Morgan fingerprint density at radius 1 is 0.767 bits per heavy atom. The fraction of sp³-hybridized carbons (Fsp3) is 0.217. The van der Waals surface area contributed by atoms with Crippen molar-refractivity contribution in [3.05, 3.63) is 82.9 Å². The van der Waals surface area contributed by atoms with Gasteiger partial charge in [-0.25, -0.2) is 21.6 Å². The highest BCUT2D eigenvalue weighted by Crippen LogP contribution is 2.24. The van der Waals surface area contributed by atoms with Crippen molar-refractivity contribution in [1.29, 1.82) is 0 Å². The minimum Gasteiger partial charge on any atom is -0.224 e. The second-order valence-electron chi connectivity index (χ2n) is 7.55. The molecule has 0 fully saturated rings. The standard InChI is InChI=1S/C23H25NO4S2/c1-16-12-17(2)23(18(3)13-16)30(27,28)24-15-19-8-10-20(11-9-19)21-6-5-7-22(14-21)29(4,25)26/h5-14,24H,15H2,1-4H3. The molecule has 3 rings (SSSR count). The zero-order valence-electron chi connectivity index (χ0n) is 17.4. The van der Waals surface area contributed by atoms with Gasteiger partial charge in [0.1, 0.15) is 0 Å². The van der Waals surface area contributed by atoms with Crippen LogP contribution >= 0.6 is 0 Å². The van der Waals surface area contributed by atoms with Crippen molar-refractivity contribution in [1.82, 2.24) is 4.72 Å². The van der Waals surface area contributed by atoms with Crippen LogP contribution in [0.15, 0.2) is 70.5 Å². The number of sulfone groups is 1. The van der Waals surface area contributed by atoms with Crippen molar-refractivity contribution in [2.45, 2.75) is 37.1 Å². The van der Waals surface area contributed by atoms with E-state index < -0.39 is 19.9 Å². The number of sulfonamides is 1. The monoisotopic (exact) mass is 443 g/mol. The number of rotatable bonds is 6. The molecule has 1 N–H and O–H groups in total. The summed E-state index contributed by atoms with van der Waals surface area (Å²) < 4.78 is 51.8. The molecule has 0 aliphatic heterocycles. The fourth-order valence-corrected chi connectivity index (χ4v) is 5.70. The van der Waals surface area contributed by atoms with E-state index in [1.165, 1.54) is 6.26 Å². The van der Waals surface area contributed by atoms with E-state index in [4.69, 9.17) is 0 Å². The molecular weight excluding hydrogens is 418 g/mol. The highest BCUT2D eigenvalue weighted by atomic mass is 32.2. The molecular formula is C23H25NO4S2. The zero-order chi connectivity index (χ0) is 22.1. The third kappa shape index (κ3) is 4.98. The molecule has 5 nitrogen and oxygen atoms in total. The predicted molar refractivity (Wildman–Crippen MR) is 120 cm³/mol. The molecule has 158 valence electrons. The van der Waals surface area contributed by atoms with Gasteiger partial charge in [-0.05, 0) is 60.7 Å². The van der Waals surface area contributed by atoms with Crippen LogP contribution in [0.3, 0.4) is 0 Å². The van der Waals surface area contributed by atoms with E-state index in [0.717, 1.165) is 33.4 Å². The molecule has 0 bridgehead atoms. The Kier molecular flexibility index (Phi) is 6.17. The van der Waals surface area contributed by atoms with E-state index in [-0.39, 0.29) is 11.4 Å². The maximum Gasteiger partial charge on any atom is 0.241 e. The lowest BCUT2D eigenvalue weighted by molar-refractivity contribution is 0.580. The molecule has 0 aliphatic rings. The summed E-state index contributed by atoms with van der Waals surface area (Å²) in [5.41, 5.74) is 4.93. The molecule has 0 saturated carbocycles. The van der Waals surface area contributed by atoms with Crippen molar-refractivity contribution in [3.63, 3.8) is 0 Å². The van der Waals surface area contributed by atoms with Gasteiger partial charge in [0.05, 0.1) is 9.79 Å². The van der Waals surface area contributed by atoms with E-state index in [2.05, 4.69) is 4.72 Å². The molecule has 3 aromatic carbocycles. The van der Waals surface area contributed by atoms with Crippen LogP contribution in [0, 0.1) is 20.8 Å². The molecule has 0 heterocycles. The molecule has 3 aromatic rings. The SMILES string of the molecule is Cc1cc(C)c(S(=O)(=O)NCc2ccc(-c3cccc(S(C)(=O)=O)c3)cc2)c(C)c1. The molecule has 0 aromatic heterocycles. The average molecular weight is 444 g/mol. The Morgan fingerprint density at radius 3 is 1.93 bits per heavy atom. The highest BCUT2D eigenvalue weighted by Gasteiger charge is 2.19. The summed E-state index contributed by atoms with van der Waals surface area (Å²) in [5, 5.41) is 0. The van der Waals surface area contributed by atoms with Gasteiger partial charge in [-0.1, -0.05) is 54.1 Å². The van der Waals surface area contributed by atoms with Gasteiger partial charge in [0.25, 0.3) is 0 Å².